The van der Waals surface area contributed by atoms with Crippen LogP contribution in [0.2, 0.25) is 0 Å². The van der Waals surface area contributed by atoms with Gasteiger partial charge in [0, 0.05) is 11.3 Å². The molecule has 2 heteroatoms. The lowest BCUT2D eigenvalue weighted by atomic mass is 9.85. The molecule has 0 fully saturated rings. The van der Waals surface area contributed by atoms with Crippen LogP contribution in [-0.2, 0) is 0 Å². The van der Waals surface area contributed by atoms with Crippen LogP contribution in [0.25, 0.3) is 82.7 Å². The molecule has 0 saturated carbocycles. The third kappa shape index (κ3) is 4.29. The van der Waals surface area contributed by atoms with Gasteiger partial charge < -0.3 is 0 Å². The summed E-state index contributed by atoms with van der Waals surface area (Å²) in [5.74, 6) is 1.53. The zero-order valence-electron chi connectivity index (χ0n) is 25.7. The minimum Gasteiger partial charge on any atom is -0.293 e. The first-order valence-electron chi connectivity index (χ1n) is 16.1. The van der Waals surface area contributed by atoms with Gasteiger partial charge in [0.25, 0.3) is 0 Å². The Hall–Kier alpha value is -5.73. The molecule has 0 aliphatic heterocycles. The first-order valence-corrected chi connectivity index (χ1v) is 16.1. The Balaban J connectivity index is 1.23. The van der Waals surface area contributed by atoms with Crippen molar-refractivity contribution in [2.24, 2.45) is 5.92 Å². The van der Waals surface area contributed by atoms with Crippen LogP contribution in [0.5, 0.6) is 0 Å². The molecule has 0 saturated heterocycles. The second-order valence-electron chi connectivity index (χ2n) is 12.4. The van der Waals surface area contributed by atoms with Gasteiger partial charge >= 0.3 is 0 Å². The summed E-state index contributed by atoms with van der Waals surface area (Å²) < 4.78 is 2.32. The van der Waals surface area contributed by atoms with Crippen LogP contribution >= 0.6 is 0 Å². The Morgan fingerprint density at radius 1 is 0.565 bits per heavy atom. The normalized spacial score (nSPS) is 14.8. The summed E-state index contributed by atoms with van der Waals surface area (Å²) in [6.45, 7) is 2.26. The maximum atomic E-state index is 5.13. The number of benzene rings is 7. The Kier molecular flexibility index (Phi) is 6.21. The van der Waals surface area contributed by atoms with E-state index < -0.39 is 0 Å². The zero-order chi connectivity index (χ0) is 30.6. The molecule has 7 aromatic carbocycles. The lowest BCUT2D eigenvalue weighted by molar-refractivity contribution is 0.735. The second kappa shape index (κ2) is 10.7. The molecule has 1 aliphatic carbocycles. The van der Waals surface area contributed by atoms with E-state index in [1.807, 2.05) is 0 Å². The number of para-hydroxylation sites is 2. The number of rotatable bonds is 4. The van der Waals surface area contributed by atoms with Crippen LogP contribution in [0.15, 0.2) is 158 Å². The average molecular weight is 589 g/mol. The van der Waals surface area contributed by atoms with E-state index in [0.29, 0.717) is 5.92 Å². The summed E-state index contributed by atoms with van der Waals surface area (Å²) in [5, 5.41) is 7.57. The maximum Gasteiger partial charge on any atom is 0.145 e. The van der Waals surface area contributed by atoms with Crippen molar-refractivity contribution in [3.8, 4) is 33.6 Å². The van der Waals surface area contributed by atoms with E-state index in [-0.39, 0.29) is 0 Å². The van der Waals surface area contributed by atoms with Crippen molar-refractivity contribution >= 4 is 49.0 Å². The number of nitrogens with zero attached hydrogens (tertiary/aromatic N) is 2. The first kappa shape index (κ1) is 26.7. The van der Waals surface area contributed by atoms with Gasteiger partial charge in [-0.15, -0.1) is 0 Å². The summed E-state index contributed by atoms with van der Waals surface area (Å²) in [4.78, 5) is 5.13. The Morgan fingerprint density at radius 2 is 1.13 bits per heavy atom. The van der Waals surface area contributed by atoms with Gasteiger partial charge in [0.1, 0.15) is 5.82 Å². The highest BCUT2D eigenvalue weighted by Gasteiger charge is 2.19. The van der Waals surface area contributed by atoms with Crippen molar-refractivity contribution in [3.63, 3.8) is 0 Å². The summed E-state index contributed by atoms with van der Waals surface area (Å²) in [6.07, 6.45) is 7.92. The predicted molar refractivity (Wildman–Crippen MR) is 196 cm³/mol. The largest absolute Gasteiger partial charge is 0.293 e. The number of imidazole rings is 1. The molecule has 9 rings (SSSR count). The SMILES string of the molecule is CC1C=CC(n2c(-c3ccc(-c4c5ccccc5c(-c5ccc6ccccc6c5)c5ccccc45)cc3)nc3ccccc32)=CC1. The van der Waals surface area contributed by atoms with Crippen molar-refractivity contribution in [3.05, 3.63) is 158 Å². The standard InChI is InChI=1S/C44H32N2/c1-29-18-26-35(27-19-29)46-41-17-9-8-16-40(41)45-44(46)32-23-21-31(22-24-32)42-36-12-4-6-14-38(36)43(39-15-7-5-13-37(39)42)34-25-20-30-10-2-3-11-33(30)28-34/h2-18,20-29H,19H2,1H3. The van der Waals surface area contributed by atoms with Crippen LogP contribution in [0, 0.1) is 5.92 Å². The van der Waals surface area contributed by atoms with Crippen molar-refractivity contribution < 1.29 is 0 Å². The van der Waals surface area contributed by atoms with Gasteiger partial charge in [-0.2, -0.15) is 0 Å². The van der Waals surface area contributed by atoms with Crippen molar-refractivity contribution in [2.45, 2.75) is 13.3 Å². The van der Waals surface area contributed by atoms with Crippen molar-refractivity contribution in [1.82, 2.24) is 9.55 Å². The molecule has 1 aromatic heterocycles. The fourth-order valence-electron chi connectivity index (χ4n) is 7.24. The lowest BCUT2D eigenvalue weighted by Gasteiger charge is -2.18. The highest BCUT2D eigenvalue weighted by atomic mass is 15.1. The molecular weight excluding hydrogens is 556 g/mol. The van der Waals surface area contributed by atoms with Crippen molar-refractivity contribution in [2.75, 3.05) is 0 Å². The van der Waals surface area contributed by atoms with Crippen LogP contribution in [0.3, 0.4) is 0 Å². The molecule has 1 heterocycles. The quantitative estimate of drug-likeness (QED) is 0.187. The second-order valence-corrected chi connectivity index (χ2v) is 12.4. The van der Waals surface area contributed by atoms with Gasteiger partial charge in [-0.05, 0) is 91.2 Å². The van der Waals surface area contributed by atoms with Crippen LogP contribution in [0.1, 0.15) is 13.3 Å². The third-order valence-corrected chi connectivity index (χ3v) is 9.51. The summed E-state index contributed by atoms with van der Waals surface area (Å²) in [6, 6.07) is 50.7. The summed E-state index contributed by atoms with van der Waals surface area (Å²) >= 11 is 0. The van der Waals surface area contributed by atoms with Gasteiger partial charge in [0.15, 0.2) is 0 Å². The van der Waals surface area contributed by atoms with E-state index in [1.165, 1.54) is 60.3 Å². The van der Waals surface area contributed by atoms with E-state index in [9.17, 15) is 0 Å². The maximum absolute atomic E-state index is 5.13. The topological polar surface area (TPSA) is 17.8 Å². The number of hydrogen-bond acceptors (Lipinski definition) is 1. The molecule has 46 heavy (non-hydrogen) atoms. The molecule has 0 amide bonds. The van der Waals surface area contributed by atoms with Gasteiger partial charge in [0.2, 0.25) is 0 Å². The molecule has 0 N–H and O–H groups in total. The number of aromatic nitrogens is 2. The molecule has 1 atom stereocenters. The Bertz CT molecular complexity index is 2450. The molecule has 0 bridgehead atoms. The smallest absolute Gasteiger partial charge is 0.145 e. The molecule has 1 aliphatic rings. The molecule has 2 nitrogen and oxygen atoms in total. The minimum absolute atomic E-state index is 0.554. The van der Waals surface area contributed by atoms with Crippen LogP contribution in [0.4, 0.5) is 0 Å². The number of hydrogen-bond donors (Lipinski definition) is 0. The van der Waals surface area contributed by atoms with E-state index in [1.54, 1.807) is 0 Å². The van der Waals surface area contributed by atoms with E-state index in [4.69, 9.17) is 4.98 Å². The number of allylic oxidation sites excluding steroid dienone is 4. The lowest BCUT2D eigenvalue weighted by Crippen LogP contribution is -2.03. The fraction of sp³-hybridized carbons (Fsp3) is 0.0682. The van der Waals surface area contributed by atoms with Gasteiger partial charge in [0.05, 0.1) is 11.0 Å². The first-order chi connectivity index (χ1) is 22.7. The summed E-state index contributed by atoms with van der Waals surface area (Å²) in [7, 11) is 0. The van der Waals surface area contributed by atoms with Gasteiger partial charge in [-0.3, -0.25) is 4.57 Å². The van der Waals surface area contributed by atoms with Gasteiger partial charge in [-0.25, -0.2) is 4.98 Å². The predicted octanol–water partition coefficient (Wildman–Crippen LogP) is 11.9. The third-order valence-electron chi connectivity index (χ3n) is 9.51. The zero-order valence-corrected chi connectivity index (χ0v) is 25.7. The van der Waals surface area contributed by atoms with Crippen LogP contribution in [-0.4, -0.2) is 9.55 Å². The molecular formula is C44H32N2. The molecule has 0 spiro atoms. The Morgan fingerprint density at radius 3 is 1.80 bits per heavy atom. The highest BCUT2D eigenvalue weighted by molar-refractivity contribution is 6.21. The molecule has 1 unspecified atom stereocenters. The molecule has 218 valence electrons. The molecule has 0 radical (unpaired) electrons. The molecule has 8 aromatic rings. The number of fused-ring (bicyclic) bond motifs is 4. The van der Waals surface area contributed by atoms with Crippen LogP contribution < -0.4 is 0 Å². The highest BCUT2D eigenvalue weighted by Crippen LogP contribution is 2.44. The van der Waals surface area contributed by atoms with E-state index in [2.05, 4.69) is 169 Å². The monoisotopic (exact) mass is 588 g/mol. The van der Waals surface area contributed by atoms with E-state index in [0.717, 1.165) is 28.8 Å². The summed E-state index contributed by atoms with van der Waals surface area (Å²) in [5.41, 5.74) is 9.43. The van der Waals surface area contributed by atoms with E-state index >= 15 is 0 Å². The van der Waals surface area contributed by atoms with Gasteiger partial charge in [-0.1, -0.05) is 140 Å². The van der Waals surface area contributed by atoms with Crippen molar-refractivity contribution in [1.29, 1.82) is 0 Å². The Labute approximate surface area is 268 Å². The average Bonchev–Trinajstić information content (AvgIpc) is 3.50. The fourth-order valence-corrected chi connectivity index (χ4v) is 7.24. The minimum atomic E-state index is 0.554.